The predicted molar refractivity (Wildman–Crippen MR) is 58.2 cm³/mol. The number of hydrogen-bond donors (Lipinski definition) is 4. The monoisotopic (exact) mass is 251 g/mol. The molecule has 2 unspecified atom stereocenters. The van der Waals surface area contributed by atoms with Gasteiger partial charge in [0.1, 0.15) is 18.3 Å². The number of ether oxygens (including phenoxy) is 3. The van der Waals surface area contributed by atoms with E-state index in [-0.39, 0.29) is 6.61 Å². The van der Waals surface area contributed by atoms with Crippen LogP contribution in [0.4, 0.5) is 0 Å². The summed E-state index contributed by atoms with van der Waals surface area (Å²) >= 11 is 0. The van der Waals surface area contributed by atoms with Gasteiger partial charge >= 0.3 is 0 Å². The van der Waals surface area contributed by atoms with Crippen molar-refractivity contribution in [1.82, 2.24) is 0 Å². The molecule has 2 saturated heterocycles. The molecule has 0 amide bonds. The van der Waals surface area contributed by atoms with Crippen molar-refractivity contribution in [2.24, 2.45) is 5.73 Å². The Kier molecular flexibility index (Phi) is 5.74. The van der Waals surface area contributed by atoms with E-state index < -0.39 is 30.6 Å². The molecular weight excluding hydrogens is 230 g/mol. The van der Waals surface area contributed by atoms with E-state index in [0.29, 0.717) is 6.10 Å². The van der Waals surface area contributed by atoms with Crippen molar-refractivity contribution in [3.8, 4) is 0 Å². The molecule has 0 radical (unpaired) electrons. The summed E-state index contributed by atoms with van der Waals surface area (Å²) in [6.07, 6.45) is -3.38. The average molecular weight is 251 g/mol. The fourth-order valence-electron chi connectivity index (χ4n) is 1.41. The van der Waals surface area contributed by atoms with Crippen molar-refractivity contribution in [3.05, 3.63) is 0 Å². The highest BCUT2D eigenvalue weighted by Crippen LogP contribution is 2.19. The lowest BCUT2D eigenvalue weighted by molar-refractivity contribution is -0.257. The minimum atomic E-state index is -1.17. The second-order valence-corrected chi connectivity index (χ2v) is 4.16. The second kappa shape index (κ2) is 6.60. The molecule has 2 aliphatic rings. The van der Waals surface area contributed by atoms with Crippen molar-refractivity contribution < 1.29 is 29.5 Å². The average Bonchev–Trinajstić information content (AvgIpc) is 3.10. The van der Waals surface area contributed by atoms with Crippen molar-refractivity contribution in [2.45, 2.75) is 43.7 Å². The van der Waals surface area contributed by atoms with E-state index in [0.717, 1.165) is 6.61 Å². The zero-order chi connectivity index (χ0) is 13.0. The van der Waals surface area contributed by atoms with Gasteiger partial charge in [-0.05, 0) is 6.92 Å². The van der Waals surface area contributed by atoms with Crippen molar-refractivity contribution in [2.75, 3.05) is 20.3 Å². The van der Waals surface area contributed by atoms with Gasteiger partial charge in [0.05, 0.1) is 25.4 Å². The lowest BCUT2D eigenvalue weighted by atomic mass is 9.98. The lowest BCUT2D eigenvalue weighted by Gasteiger charge is -2.39. The van der Waals surface area contributed by atoms with Gasteiger partial charge in [-0.15, -0.1) is 0 Å². The summed E-state index contributed by atoms with van der Waals surface area (Å²) < 4.78 is 14.6. The Bertz CT molecular complexity index is 205. The summed E-state index contributed by atoms with van der Waals surface area (Å²) in [6.45, 7) is 2.66. The van der Waals surface area contributed by atoms with E-state index in [9.17, 15) is 10.2 Å². The first kappa shape index (κ1) is 14.8. The summed E-state index contributed by atoms with van der Waals surface area (Å²) in [5, 5.41) is 27.5. The minimum absolute atomic E-state index is 0.384. The predicted octanol–water partition coefficient (Wildman–Crippen LogP) is -2.20. The molecule has 2 rings (SSSR count). The first-order valence-corrected chi connectivity index (χ1v) is 5.53. The number of methoxy groups -OCH3 is 1. The van der Waals surface area contributed by atoms with Crippen molar-refractivity contribution >= 4 is 0 Å². The molecule has 0 aromatic rings. The first-order chi connectivity index (χ1) is 8.01. The van der Waals surface area contributed by atoms with Gasteiger partial charge in [0.2, 0.25) is 0 Å². The Morgan fingerprint density at radius 1 is 1.35 bits per heavy atom. The van der Waals surface area contributed by atoms with Gasteiger partial charge < -0.3 is 35.3 Å². The lowest BCUT2D eigenvalue weighted by Crippen LogP contribution is -2.62. The Balaban J connectivity index is 0.000000302. The van der Waals surface area contributed by atoms with Crippen LogP contribution in [-0.2, 0) is 14.2 Å². The molecule has 5 N–H and O–H groups in total. The van der Waals surface area contributed by atoms with Crippen LogP contribution >= 0.6 is 0 Å². The molecule has 0 aromatic carbocycles. The fourth-order valence-corrected chi connectivity index (χ4v) is 1.41. The zero-order valence-corrected chi connectivity index (χ0v) is 10.0. The van der Waals surface area contributed by atoms with Crippen LogP contribution in [0.3, 0.4) is 0 Å². The zero-order valence-electron chi connectivity index (χ0n) is 10.0. The van der Waals surface area contributed by atoms with E-state index in [2.05, 4.69) is 6.92 Å². The third-order valence-electron chi connectivity index (χ3n) is 2.66. The van der Waals surface area contributed by atoms with Crippen LogP contribution in [0.1, 0.15) is 6.92 Å². The SMILES string of the molecule is CC1CO1.COC1O[C@H](CO)[C@@H](O)[C@H](O)[C@H]1N. The van der Waals surface area contributed by atoms with Crippen LogP contribution in [0.2, 0.25) is 0 Å². The number of aliphatic hydroxyl groups excluding tert-OH is 3. The Morgan fingerprint density at radius 3 is 2.24 bits per heavy atom. The highest BCUT2D eigenvalue weighted by atomic mass is 16.7. The third kappa shape index (κ3) is 4.14. The van der Waals surface area contributed by atoms with Gasteiger partial charge in [-0.25, -0.2) is 0 Å². The summed E-state index contributed by atoms with van der Waals surface area (Å²) in [4.78, 5) is 0. The number of rotatable bonds is 2. The molecule has 0 aromatic heterocycles. The largest absolute Gasteiger partial charge is 0.394 e. The Morgan fingerprint density at radius 2 is 1.88 bits per heavy atom. The first-order valence-electron chi connectivity index (χ1n) is 5.53. The summed E-state index contributed by atoms with van der Waals surface area (Å²) in [5.74, 6) is 0. The van der Waals surface area contributed by atoms with Gasteiger partial charge in [0, 0.05) is 7.11 Å². The molecule has 102 valence electrons. The van der Waals surface area contributed by atoms with E-state index >= 15 is 0 Å². The summed E-state index contributed by atoms with van der Waals surface area (Å²) in [6, 6.07) is -0.803. The molecule has 7 nitrogen and oxygen atoms in total. The molecular formula is C10H21NO6. The van der Waals surface area contributed by atoms with Crippen molar-refractivity contribution in [3.63, 3.8) is 0 Å². The van der Waals surface area contributed by atoms with Gasteiger partial charge in [-0.1, -0.05) is 0 Å². The van der Waals surface area contributed by atoms with Gasteiger partial charge in [-0.2, -0.15) is 0 Å². The number of hydrogen-bond acceptors (Lipinski definition) is 7. The molecule has 0 saturated carbocycles. The number of aliphatic hydroxyl groups is 3. The Labute approximate surface area is 100 Å². The maximum absolute atomic E-state index is 9.40. The van der Waals surface area contributed by atoms with Gasteiger partial charge in [-0.3, -0.25) is 0 Å². The van der Waals surface area contributed by atoms with Crippen LogP contribution < -0.4 is 5.73 Å². The van der Waals surface area contributed by atoms with Gasteiger partial charge in [0.25, 0.3) is 0 Å². The molecule has 7 heteroatoms. The van der Waals surface area contributed by atoms with Crippen LogP contribution in [0.15, 0.2) is 0 Å². The molecule has 0 aliphatic carbocycles. The highest BCUT2D eigenvalue weighted by molar-refractivity contribution is 4.91. The van der Waals surface area contributed by atoms with Gasteiger partial charge in [0.15, 0.2) is 6.29 Å². The molecule has 17 heavy (non-hydrogen) atoms. The van der Waals surface area contributed by atoms with E-state index in [1.165, 1.54) is 7.11 Å². The fraction of sp³-hybridized carbons (Fsp3) is 1.00. The molecule has 0 spiro atoms. The maximum atomic E-state index is 9.40. The molecule has 0 bridgehead atoms. The van der Waals surface area contributed by atoms with E-state index in [1.807, 2.05) is 0 Å². The quantitative estimate of drug-likeness (QED) is 0.411. The Hall–Kier alpha value is -0.280. The molecule has 2 aliphatic heterocycles. The molecule has 2 fully saturated rings. The number of epoxide rings is 1. The van der Waals surface area contributed by atoms with Crippen molar-refractivity contribution in [1.29, 1.82) is 0 Å². The second-order valence-electron chi connectivity index (χ2n) is 4.16. The highest BCUT2D eigenvalue weighted by Gasteiger charge is 2.42. The van der Waals surface area contributed by atoms with Crippen LogP contribution in [0.25, 0.3) is 0 Å². The number of nitrogens with two attached hydrogens (primary N) is 1. The van der Waals surface area contributed by atoms with Crippen LogP contribution in [0.5, 0.6) is 0 Å². The van der Waals surface area contributed by atoms with E-state index in [1.54, 1.807) is 0 Å². The molecule has 6 atom stereocenters. The topological polar surface area (TPSA) is 118 Å². The normalized spacial score (nSPS) is 44.8. The summed E-state index contributed by atoms with van der Waals surface area (Å²) in [5.41, 5.74) is 5.50. The van der Waals surface area contributed by atoms with Crippen LogP contribution in [-0.4, -0.2) is 72.4 Å². The van der Waals surface area contributed by atoms with Crippen LogP contribution in [0, 0.1) is 0 Å². The maximum Gasteiger partial charge on any atom is 0.175 e. The van der Waals surface area contributed by atoms with E-state index in [4.69, 9.17) is 25.1 Å². The standard InChI is InChI=1S/C7H15NO5.C3H6O/c1-12-7-4(8)6(11)5(10)3(2-9)13-7;1-3-2-4-3/h3-7,9-11H,2,8H2,1H3;3H,2H2,1H3/t3-,4-,5-,6-,7?;/m1./s1. The third-order valence-corrected chi connectivity index (χ3v) is 2.66. The smallest absolute Gasteiger partial charge is 0.175 e. The summed E-state index contributed by atoms with van der Waals surface area (Å²) in [7, 11) is 1.38. The molecule has 2 heterocycles. The minimum Gasteiger partial charge on any atom is -0.394 e.